The molecule has 2 unspecified atom stereocenters. The Labute approximate surface area is 161 Å². The fraction of sp³-hybridized carbons (Fsp3) is 0.524. The molecule has 1 aromatic rings. The summed E-state index contributed by atoms with van der Waals surface area (Å²) in [5, 5.41) is 2.94. The van der Waals surface area contributed by atoms with Gasteiger partial charge in [0.05, 0.1) is 31.4 Å². The van der Waals surface area contributed by atoms with Crippen molar-refractivity contribution in [2.75, 3.05) is 33.6 Å². The van der Waals surface area contributed by atoms with E-state index in [-0.39, 0.29) is 29.1 Å². The highest BCUT2D eigenvalue weighted by molar-refractivity contribution is 6.05. The molecule has 148 valence electrons. The van der Waals surface area contributed by atoms with E-state index < -0.39 is 0 Å². The number of allylic oxidation sites excluding steroid dienone is 2. The van der Waals surface area contributed by atoms with Gasteiger partial charge in [-0.3, -0.25) is 9.59 Å². The molecule has 0 radical (unpaired) electrons. The van der Waals surface area contributed by atoms with Gasteiger partial charge in [0, 0.05) is 20.2 Å². The lowest BCUT2D eigenvalue weighted by Crippen LogP contribution is -2.25. The molecule has 1 aromatic carbocycles. The predicted octanol–water partition coefficient (Wildman–Crippen LogP) is 3.58. The van der Waals surface area contributed by atoms with Gasteiger partial charge in [0.2, 0.25) is 5.91 Å². The third-order valence-electron chi connectivity index (χ3n) is 5.12. The van der Waals surface area contributed by atoms with Crippen molar-refractivity contribution in [3.8, 4) is 11.5 Å². The zero-order valence-corrected chi connectivity index (χ0v) is 17.5. The SMILES string of the molecule is COc1cc(NC(=O)C2C(C=C(C)C)C2(C)C)c(C(=O)N(C)C)cc1OC. The Hall–Kier alpha value is -2.50. The molecule has 2 atom stereocenters. The number of hydrogen-bond acceptors (Lipinski definition) is 4. The lowest BCUT2D eigenvalue weighted by atomic mass is 10.1. The van der Waals surface area contributed by atoms with Gasteiger partial charge < -0.3 is 19.7 Å². The van der Waals surface area contributed by atoms with Crippen molar-refractivity contribution in [2.24, 2.45) is 17.3 Å². The molecule has 2 amide bonds. The van der Waals surface area contributed by atoms with Gasteiger partial charge in [-0.2, -0.15) is 0 Å². The third-order valence-corrected chi connectivity index (χ3v) is 5.12. The van der Waals surface area contributed by atoms with Crippen molar-refractivity contribution in [3.63, 3.8) is 0 Å². The van der Waals surface area contributed by atoms with Crippen molar-refractivity contribution in [3.05, 3.63) is 29.3 Å². The first kappa shape index (κ1) is 20.8. The Morgan fingerprint density at radius 3 is 2.15 bits per heavy atom. The van der Waals surface area contributed by atoms with E-state index in [2.05, 4.69) is 25.2 Å². The lowest BCUT2D eigenvalue weighted by molar-refractivity contribution is -0.118. The van der Waals surface area contributed by atoms with Crippen LogP contribution < -0.4 is 14.8 Å². The van der Waals surface area contributed by atoms with Crippen LogP contribution in [-0.2, 0) is 4.79 Å². The molecule has 6 heteroatoms. The van der Waals surface area contributed by atoms with E-state index in [0.717, 1.165) is 0 Å². The van der Waals surface area contributed by atoms with E-state index >= 15 is 0 Å². The standard InChI is InChI=1S/C21H30N2O4/c1-12(2)9-14-18(21(14,3)4)19(24)22-15-11-17(27-8)16(26-7)10-13(15)20(25)23(5)6/h9-11,14,18H,1-8H3,(H,22,24). The summed E-state index contributed by atoms with van der Waals surface area (Å²) >= 11 is 0. The molecule has 0 aliphatic heterocycles. The van der Waals surface area contributed by atoms with Crippen LogP contribution in [0.5, 0.6) is 11.5 Å². The van der Waals surface area contributed by atoms with Crippen molar-refractivity contribution in [1.82, 2.24) is 4.90 Å². The van der Waals surface area contributed by atoms with Gasteiger partial charge in [-0.1, -0.05) is 25.5 Å². The maximum Gasteiger partial charge on any atom is 0.255 e. The van der Waals surface area contributed by atoms with Gasteiger partial charge in [0.25, 0.3) is 5.91 Å². The fourth-order valence-corrected chi connectivity index (χ4v) is 3.46. The second kappa shape index (κ2) is 7.62. The summed E-state index contributed by atoms with van der Waals surface area (Å²) in [6.45, 7) is 8.24. The number of amides is 2. The molecule has 1 saturated carbocycles. The van der Waals surface area contributed by atoms with Gasteiger partial charge in [-0.05, 0) is 31.2 Å². The van der Waals surface area contributed by atoms with E-state index in [0.29, 0.717) is 22.7 Å². The number of nitrogens with one attached hydrogen (secondary N) is 1. The van der Waals surface area contributed by atoms with Crippen LogP contribution in [0.2, 0.25) is 0 Å². The molecule has 1 aliphatic rings. The Balaban J connectivity index is 2.38. The summed E-state index contributed by atoms with van der Waals surface area (Å²) in [7, 11) is 6.36. The fourth-order valence-electron chi connectivity index (χ4n) is 3.46. The second-order valence-electron chi connectivity index (χ2n) is 8.01. The molecule has 1 aliphatic carbocycles. The van der Waals surface area contributed by atoms with E-state index in [9.17, 15) is 9.59 Å². The molecule has 0 saturated heterocycles. The van der Waals surface area contributed by atoms with Crippen molar-refractivity contribution < 1.29 is 19.1 Å². The number of nitrogens with zero attached hydrogens (tertiary/aromatic N) is 1. The highest BCUT2D eigenvalue weighted by Crippen LogP contribution is 2.59. The first-order valence-electron chi connectivity index (χ1n) is 8.98. The van der Waals surface area contributed by atoms with Gasteiger partial charge in [0.1, 0.15) is 0 Å². The van der Waals surface area contributed by atoms with Crippen LogP contribution in [0.25, 0.3) is 0 Å². The number of ether oxygens (including phenoxy) is 2. The summed E-state index contributed by atoms with van der Waals surface area (Å²) in [6.07, 6.45) is 2.14. The molecule has 0 heterocycles. The average molecular weight is 374 g/mol. The molecule has 6 nitrogen and oxygen atoms in total. The summed E-state index contributed by atoms with van der Waals surface area (Å²) in [5.41, 5.74) is 1.88. The zero-order valence-electron chi connectivity index (χ0n) is 17.5. The minimum atomic E-state index is -0.220. The zero-order chi connectivity index (χ0) is 20.5. The second-order valence-corrected chi connectivity index (χ2v) is 8.01. The average Bonchev–Trinajstić information content (AvgIpc) is 3.12. The highest BCUT2D eigenvalue weighted by atomic mass is 16.5. The Morgan fingerprint density at radius 1 is 1.11 bits per heavy atom. The molecule has 0 spiro atoms. The molecule has 0 bridgehead atoms. The number of anilines is 1. The van der Waals surface area contributed by atoms with Gasteiger partial charge in [-0.25, -0.2) is 0 Å². The van der Waals surface area contributed by atoms with Crippen LogP contribution in [-0.4, -0.2) is 45.0 Å². The van der Waals surface area contributed by atoms with E-state index in [1.807, 2.05) is 13.8 Å². The molecule has 2 rings (SSSR count). The molecular formula is C21H30N2O4. The van der Waals surface area contributed by atoms with E-state index in [1.54, 1.807) is 26.2 Å². The van der Waals surface area contributed by atoms with Gasteiger partial charge in [-0.15, -0.1) is 0 Å². The molecule has 1 fully saturated rings. The third kappa shape index (κ3) is 4.10. The van der Waals surface area contributed by atoms with E-state index in [4.69, 9.17) is 9.47 Å². The quantitative estimate of drug-likeness (QED) is 0.773. The first-order valence-corrected chi connectivity index (χ1v) is 8.98. The maximum atomic E-state index is 12.9. The minimum Gasteiger partial charge on any atom is -0.493 e. The van der Waals surface area contributed by atoms with Crippen LogP contribution in [0.1, 0.15) is 38.1 Å². The molecule has 27 heavy (non-hydrogen) atoms. The number of hydrogen-bond donors (Lipinski definition) is 1. The summed E-state index contributed by atoms with van der Waals surface area (Å²) in [5.74, 6) is 0.636. The summed E-state index contributed by atoms with van der Waals surface area (Å²) in [6, 6.07) is 3.24. The number of methoxy groups -OCH3 is 2. The lowest BCUT2D eigenvalue weighted by Gasteiger charge is -2.18. The van der Waals surface area contributed by atoms with Crippen LogP contribution in [0, 0.1) is 17.3 Å². The summed E-state index contributed by atoms with van der Waals surface area (Å²) < 4.78 is 10.6. The number of benzene rings is 1. The van der Waals surface area contributed by atoms with Gasteiger partial charge in [0.15, 0.2) is 11.5 Å². The van der Waals surface area contributed by atoms with Gasteiger partial charge >= 0.3 is 0 Å². The Kier molecular flexibility index (Phi) is 5.88. The smallest absolute Gasteiger partial charge is 0.255 e. The highest BCUT2D eigenvalue weighted by Gasteiger charge is 2.60. The topological polar surface area (TPSA) is 67.9 Å². The Morgan fingerprint density at radius 2 is 1.67 bits per heavy atom. The first-order chi connectivity index (χ1) is 12.5. The normalized spacial score (nSPS) is 19.7. The van der Waals surface area contributed by atoms with E-state index in [1.165, 1.54) is 24.7 Å². The van der Waals surface area contributed by atoms with Crippen LogP contribution in [0.4, 0.5) is 5.69 Å². The van der Waals surface area contributed by atoms with Crippen molar-refractivity contribution >= 4 is 17.5 Å². The van der Waals surface area contributed by atoms with Crippen molar-refractivity contribution in [1.29, 1.82) is 0 Å². The number of carbonyl (C=O) groups excluding carboxylic acids is 2. The Bertz CT molecular complexity index is 777. The van der Waals surface area contributed by atoms with Crippen molar-refractivity contribution in [2.45, 2.75) is 27.7 Å². The van der Waals surface area contributed by atoms with Crippen LogP contribution in [0.15, 0.2) is 23.8 Å². The molecular weight excluding hydrogens is 344 g/mol. The van der Waals surface area contributed by atoms with Crippen LogP contribution >= 0.6 is 0 Å². The number of rotatable bonds is 6. The minimum absolute atomic E-state index is 0.0949. The predicted molar refractivity (Wildman–Crippen MR) is 106 cm³/mol. The maximum absolute atomic E-state index is 12.9. The van der Waals surface area contributed by atoms with Crippen LogP contribution in [0.3, 0.4) is 0 Å². The summed E-state index contributed by atoms with van der Waals surface area (Å²) in [4.78, 5) is 27.0. The number of carbonyl (C=O) groups is 2. The molecule has 0 aromatic heterocycles. The monoisotopic (exact) mass is 374 g/mol. The molecule has 1 N–H and O–H groups in total. The largest absolute Gasteiger partial charge is 0.493 e.